The van der Waals surface area contributed by atoms with Crippen LogP contribution in [0.4, 0.5) is 4.39 Å². The first kappa shape index (κ1) is 19.8. The molecule has 0 heterocycles. The normalized spacial score (nSPS) is 12.0. The lowest BCUT2D eigenvalue weighted by Crippen LogP contribution is -2.28. The molecule has 0 atom stereocenters. The molecule has 0 radical (unpaired) electrons. The predicted octanol–water partition coefficient (Wildman–Crippen LogP) is 5.46. The molecule has 0 unspecified atom stereocenters. The molecule has 0 fully saturated rings. The molecule has 0 saturated heterocycles. The summed E-state index contributed by atoms with van der Waals surface area (Å²) in [6, 6.07) is 22.7. The maximum Gasteiger partial charge on any atom is 0.266 e. The zero-order valence-corrected chi connectivity index (χ0v) is 16.7. The summed E-state index contributed by atoms with van der Waals surface area (Å²) >= 11 is 0. The van der Waals surface area contributed by atoms with Gasteiger partial charge in [0.2, 0.25) is 5.95 Å². The average Bonchev–Trinajstić information content (AvgIpc) is 2.69. The van der Waals surface area contributed by atoms with Gasteiger partial charge in [-0.3, -0.25) is 0 Å². The number of nitrogens with zero attached hydrogens (tertiary/aromatic N) is 1. The molecule has 0 aliphatic carbocycles. The van der Waals surface area contributed by atoms with Gasteiger partial charge in [-0.1, -0.05) is 72.3 Å². The topological polar surface area (TPSA) is 37.4 Å². The van der Waals surface area contributed by atoms with Crippen LogP contribution in [-0.4, -0.2) is 12.7 Å². The lowest BCUT2D eigenvalue weighted by Gasteiger charge is -2.23. The van der Waals surface area contributed by atoms with Gasteiger partial charge in [-0.05, 0) is 48.7 Å². The molecule has 0 N–H and O–H groups in total. The van der Waals surface area contributed by atoms with Crippen molar-refractivity contribution >= 4 is 16.1 Å². The van der Waals surface area contributed by atoms with E-state index in [9.17, 15) is 8.42 Å². The predicted molar refractivity (Wildman–Crippen MR) is 111 cm³/mol. The van der Waals surface area contributed by atoms with Crippen molar-refractivity contribution in [2.75, 3.05) is 0 Å². The molecular formula is C23H22FNO2S. The molecule has 3 aromatic carbocycles. The molecule has 0 aliphatic heterocycles. The van der Waals surface area contributed by atoms with E-state index >= 15 is 4.39 Å². The summed E-state index contributed by atoms with van der Waals surface area (Å²) in [6.07, 6.45) is 1.27. The quantitative estimate of drug-likeness (QED) is 0.520. The van der Waals surface area contributed by atoms with E-state index in [1.54, 1.807) is 48.5 Å². The van der Waals surface area contributed by atoms with Crippen molar-refractivity contribution in [2.45, 2.75) is 25.3 Å². The van der Waals surface area contributed by atoms with Gasteiger partial charge in [0.05, 0.1) is 11.4 Å². The Kier molecular flexibility index (Phi) is 5.95. The minimum absolute atomic E-state index is 0.0577. The number of rotatable bonds is 6. The van der Waals surface area contributed by atoms with Crippen LogP contribution in [0.2, 0.25) is 0 Å². The van der Waals surface area contributed by atoms with Gasteiger partial charge in [0.15, 0.2) is 0 Å². The Morgan fingerprint density at radius 1 is 0.893 bits per heavy atom. The van der Waals surface area contributed by atoms with Crippen molar-refractivity contribution in [2.24, 2.45) is 0 Å². The Morgan fingerprint density at radius 3 is 2.14 bits per heavy atom. The van der Waals surface area contributed by atoms with E-state index in [0.29, 0.717) is 11.1 Å². The third-order valence-corrected chi connectivity index (χ3v) is 6.23. The zero-order valence-electron chi connectivity index (χ0n) is 15.8. The Labute approximate surface area is 165 Å². The number of aryl methyl sites for hydroxylation is 2. The Morgan fingerprint density at radius 2 is 1.50 bits per heavy atom. The van der Waals surface area contributed by atoms with Gasteiger partial charge in [-0.2, -0.15) is 4.39 Å². The second-order valence-corrected chi connectivity index (χ2v) is 8.50. The van der Waals surface area contributed by atoms with E-state index in [1.807, 2.05) is 32.0 Å². The molecule has 0 amide bonds. The summed E-state index contributed by atoms with van der Waals surface area (Å²) in [5.41, 5.74) is 3.14. The Balaban J connectivity index is 2.06. The number of sulfonamides is 1. The van der Waals surface area contributed by atoms with E-state index in [-0.39, 0.29) is 11.4 Å². The van der Waals surface area contributed by atoms with Crippen LogP contribution in [0.15, 0.2) is 89.7 Å². The Hall–Kier alpha value is -2.92. The highest BCUT2D eigenvalue weighted by atomic mass is 32.2. The van der Waals surface area contributed by atoms with Crippen LogP contribution in [0.1, 0.15) is 22.3 Å². The van der Waals surface area contributed by atoms with Crippen molar-refractivity contribution < 1.29 is 12.8 Å². The highest BCUT2D eigenvalue weighted by Gasteiger charge is 2.27. The minimum Gasteiger partial charge on any atom is -0.237 e. The number of hydrogen-bond donors (Lipinski definition) is 0. The largest absolute Gasteiger partial charge is 0.266 e. The van der Waals surface area contributed by atoms with Crippen molar-refractivity contribution in [1.29, 1.82) is 0 Å². The van der Waals surface area contributed by atoms with E-state index in [2.05, 4.69) is 0 Å². The molecule has 0 bridgehead atoms. The molecule has 144 valence electrons. The highest BCUT2D eigenvalue weighted by Crippen LogP contribution is 2.26. The summed E-state index contributed by atoms with van der Waals surface area (Å²) in [4.78, 5) is 0.0577. The minimum atomic E-state index is -4.06. The summed E-state index contributed by atoms with van der Waals surface area (Å²) in [7, 11) is -4.06. The van der Waals surface area contributed by atoms with Gasteiger partial charge in [-0.15, -0.1) is 0 Å². The summed E-state index contributed by atoms with van der Waals surface area (Å²) in [5.74, 6) is -0.821. The number of benzene rings is 3. The fourth-order valence-corrected chi connectivity index (χ4v) is 4.15. The maximum atomic E-state index is 15.3. The summed E-state index contributed by atoms with van der Waals surface area (Å²) < 4.78 is 42.5. The molecule has 3 aromatic rings. The second-order valence-electron chi connectivity index (χ2n) is 6.63. The van der Waals surface area contributed by atoms with Crippen LogP contribution >= 0.6 is 0 Å². The van der Waals surface area contributed by atoms with E-state index in [1.165, 1.54) is 18.2 Å². The summed E-state index contributed by atoms with van der Waals surface area (Å²) in [6.45, 7) is 3.64. The molecule has 28 heavy (non-hydrogen) atoms. The van der Waals surface area contributed by atoms with Crippen molar-refractivity contribution in [3.8, 4) is 0 Å². The fraction of sp³-hybridized carbons (Fsp3) is 0.130. The van der Waals surface area contributed by atoms with Gasteiger partial charge >= 0.3 is 0 Å². The van der Waals surface area contributed by atoms with Gasteiger partial charge in [0.1, 0.15) is 0 Å². The highest BCUT2D eigenvalue weighted by molar-refractivity contribution is 7.89. The monoisotopic (exact) mass is 395 g/mol. The van der Waals surface area contributed by atoms with E-state index in [0.717, 1.165) is 15.4 Å². The van der Waals surface area contributed by atoms with Crippen LogP contribution in [0.5, 0.6) is 0 Å². The molecule has 3 nitrogen and oxygen atoms in total. The molecule has 0 spiro atoms. The third kappa shape index (κ3) is 4.49. The lowest BCUT2D eigenvalue weighted by atomic mass is 10.1. The SMILES string of the molecule is Cc1ccc(S(=O)(=O)N(Cc2ccccc2)/C(F)=C\c2ccccc2C)cc1. The smallest absolute Gasteiger partial charge is 0.237 e. The van der Waals surface area contributed by atoms with E-state index in [4.69, 9.17) is 0 Å². The second kappa shape index (κ2) is 8.40. The first-order chi connectivity index (χ1) is 13.4. The Bertz CT molecular complexity index is 1080. The van der Waals surface area contributed by atoms with Crippen LogP contribution in [0.3, 0.4) is 0 Å². The number of hydrogen-bond acceptors (Lipinski definition) is 2. The van der Waals surface area contributed by atoms with Crippen LogP contribution < -0.4 is 0 Å². The zero-order chi connectivity index (χ0) is 20.1. The van der Waals surface area contributed by atoms with Gasteiger partial charge < -0.3 is 0 Å². The van der Waals surface area contributed by atoms with Crippen LogP contribution in [-0.2, 0) is 16.6 Å². The van der Waals surface area contributed by atoms with Gasteiger partial charge in [0.25, 0.3) is 10.0 Å². The van der Waals surface area contributed by atoms with Crippen LogP contribution in [0.25, 0.3) is 6.08 Å². The third-order valence-electron chi connectivity index (χ3n) is 4.48. The van der Waals surface area contributed by atoms with Crippen molar-refractivity contribution in [3.05, 3.63) is 107 Å². The molecule has 0 saturated carbocycles. The molecule has 3 rings (SSSR count). The molecule has 5 heteroatoms. The first-order valence-corrected chi connectivity index (χ1v) is 10.4. The van der Waals surface area contributed by atoms with E-state index < -0.39 is 16.0 Å². The van der Waals surface area contributed by atoms with Gasteiger partial charge in [0, 0.05) is 0 Å². The number of halogens is 1. The van der Waals surface area contributed by atoms with Crippen molar-refractivity contribution in [1.82, 2.24) is 4.31 Å². The fourth-order valence-electron chi connectivity index (χ4n) is 2.81. The van der Waals surface area contributed by atoms with Crippen LogP contribution in [0, 0.1) is 13.8 Å². The molecule has 0 aliphatic rings. The maximum absolute atomic E-state index is 15.3. The van der Waals surface area contributed by atoms with Crippen molar-refractivity contribution in [3.63, 3.8) is 0 Å². The average molecular weight is 395 g/mol. The lowest BCUT2D eigenvalue weighted by molar-refractivity contribution is 0.384. The first-order valence-electron chi connectivity index (χ1n) is 8.94. The molecular weight excluding hydrogens is 373 g/mol. The standard InChI is InChI=1S/C23H22FNO2S/c1-18-12-14-22(15-13-18)28(26,27)25(17-20-9-4-3-5-10-20)23(24)16-21-11-7-6-8-19(21)2/h3-16H,17H2,1-2H3/b23-16-. The summed E-state index contributed by atoms with van der Waals surface area (Å²) in [5, 5.41) is 0. The molecule has 0 aromatic heterocycles. The van der Waals surface area contributed by atoms with Gasteiger partial charge in [-0.25, -0.2) is 12.7 Å².